The molecule has 0 radical (unpaired) electrons. The van der Waals surface area contributed by atoms with E-state index in [1.807, 2.05) is 41.3 Å². The Kier molecular flexibility index (Phi) is 4.16. The van der Waals surface area contributed by atoms with Crippen molar-refractivity contribution in [3.8, 4) is 0 Å². The lowest BCUT2D eigenvalue weighted by atomic mass is 9.95. The lowest BCUT2D eigenvalue weighted by Crippen LogP contribution is -2.31. The number of aryl methyl sites for hydroxylation is 1. The summed E-state index contributed by atoms with van der Waals surface area (Å²) in [5.41, 5.74) is 3.85. The summed E-state index contributed by atoms with van der Waals surface area (Å²) in [5, 5.41) is 1.74. The Morgan fingerprint density at radius 1 is 1.00 bits per heavy atom. The lowest BCUT2D eigenvalue weighted by molar-refractivity contribution is -0.117. The van der Waals surface area contributed by atoms with Gasteiger partial charge in [-0.05, 0) is 52.9 Å². The average molecular weight is 385 g/mol. The fourth-order valence-electron chi connectivity index (χ4n) is 4.34. The molecule has 2 aliphatic rings. The van der Waals surface area contributed by atoms with Crippen LogP contribution in [0.1, 0.15) is 38.3 Å². The van der Waals surface area contributed by atoms with Crippen LogP contribution in [0.4, 0.5) is 5.69 Å². The van der Waals surface area contributed by atoms with Crippen LogP contribution in [-0.4, -0.2) is 30.8 Å². The van der Waals surface area contributed by atoms with Crippen molar-refractivity contribution in [3.05, 3.63) is 76.9 Å². The minimum absolute atomic E-state index is 0.0907. The predicted molar refractivity (Wildman–Crippen MR) is 109 cm³/mol. The molecule has 0 saturated carbocycles. The highest BCUT2D eigenvalue weighted by atomic mass is 16.5. The standard InChI is InChI=1S/C24H19NO4/c26-21(14-29-24(28)20-9-3-6-15-5-1-2-8-19(15)20)17-11-16-7-4-10-25-22(27)13-18(12-17)23(16)25/h1-3,5-6,8-9,11-12H,4,7,10,13-14H2. The van der Waals surface area contributed by atoms with Crippen LogP contribution < -0.4 is 4.90 Å². The van der Waals surface area contributed by atoms with Crippen molar-refractivity contribution in [2.75, 3.05) is 18.1 Å². The molecule has 0 fully saturated rings. The molecule has 2 aliphatic heterocycles. The molecule has 29 heavy (non-hydrogen) atoms. The number of benzene rings is 3. The zero-order valence-electron chi connectivity index (χ0n) is 15.8. The highest BCUT2D eigenvalue weighted by Gasteiger charge is 2.33. The smallest absolute Gasteiger partial charge is 0.339 e. The normalized spacial score (nSPS) is 14.8. The van der Waals surface area contributed by atoms with Gasteiger partial charge in [0, 0.05) is 12.1 Å². The second-order valence-corrected chi connectivity index (χ2v) is 7.49. The number of rotatable bonds is 4. The molecule has 0 spiro atoms. The number of amides is 1. The van der Waals surface area contributed by atoms with E-state index in [-0.39, 0.29) is 18.3 Å². The van der Waals surface area contributed by atoms with Crippen LogP contribution in [0.3, 0.4) is 0 Å². The monoisotopic (exact) mass is 385 g/mol. The fraction of sp³-hybridized carbons (Fsp3) is 0.208. The second-order valence-electron chi connectivity index (χ2n) is 7.49. The number of fused-ring (bicyclic) bond motifs is 1. The van der Waals surface area contributed by atoms with Crippen LogP contribution in [-0.2, 0) is 22.4 Å². The Balaban J connectivity index is 1.36. The number of anilines is 1. The molecule has 3 aromatic rings. The third-order valence-electron chi connectivity index (χ3n) is 5.67. The molecule has 1 amide bonds. The number of hydrogen-bond donors (Lipinski definition) is 0. The van der Waals surface area contributed by atoms with E-state index >= 15 is 0 Å². The summed E-state index contributed by atoms with van der Waals surface area (Å²) in [6.07, 6.45) is 2.08. The molecule has 5 heteroatoms. The van der Waals surface area contributed by atoms with Gasteiger partial charge >= 0.3 is 5.97 Å². The van der Waals surface area contributed by atoms with E-state index in [1.54, 1.807) is 18.2 Å². The zero-order valence-corrected chi connectivity index (χ0v) is 15.8. The zero-order chi connectivity index (χ0) is 20.0. The minimum Gasteiger partial charge on any atom is -0.454 e. The average Bonchev–Trinajstić information content (AvgIpc) is 3.08. The summed E-state index contributed by atoms with van der Waals surface area (Å²) in [6.45, 7) is 0.423. The van der Waals surface area contributed by atoms with Crippen molar-refractivity contribution in [3.63, 3.8) is 0 Å². The van der Waals surface area contributed by atoms with E-state index in [0.29, 0.717) is 17.5 Å². The molecule has 0 atom stereocenters. The summed E-state index contributed by atoms with van der Waals surface area (Å²) in [4.78, 5) is 39.3. The Hall–Kier alpha value is -3.47. The van der Waals surface area contributed by atoms with E-state index in [1.165, 1.54) is 0 Å². The highest BCUT2D eigenvalue weighted by molar-refractivity contribution is 6.07. The number of ether oxygens (including phenoxy) is 1. The van der Waals surface area contributed by atoms with Crippen LogP contribution in [0.5, 0.6) is 0 Å². The van der Waals surface area contributed by atoms with Gasteiger partial charge in [-0.2, -0.15) is 0 Å². The van der Waals surface area contributed by atoms with Crippen LogP contribution in [0, 0.1) is 0 Å². The maximum atomic E-state index is 12.7. The summed E-state index contributed by atoms with van der Waals surface area (Å²) in [6, 6.07) is 16.6. The number of hydrogen-bond acceptors (Lipinski definition) is 4. The molecule has 0 aromatic heterocycles. The molecule has 0 N–H and O–H groups in total. The Bertz CT molecular complexity index is 1180. The number of carbonyl (C=O) groups is 3. The maximum absolute atomic E-state index is 12.7. The predicted octanol–water partition coefficient (Wildman–Crippen LogP) is 3.71. The fourth-order valence-corrected chi connectivity index (χ4v) is 4.34. The van der Waals surface area contributed by atoms with Crippen molar-refractivity contribution in [2.24, 2.45) is 0 Å². The van der Waals surface area contributed by atoms with Crippen molar-refractivity contribution in [2.45, 2.75) is 19.3 Å². The molecule has 2 heterocycles. The van der Waals surface area contributed by atoms with E-state index in [0.717, 1.165) is 47.0 Å². The van der Waals surface area contributed by atoms with Gasteiger partial charge in [0.05, 0.1) is 17.7 Å². The number of carbonyl (C=O) groups excluding carboxylic acids is 3. The molecule has 5 nitrogen and oxygen atoms in total. The van der Waals surface area contributed by atoms with Gasteiger partial charge in [-0.15, -0.1) is 0 Å². The Labute approximate surface area is 167 Å². The lowest BCUT2D eigenvalue weighted by Gasteiger charge is -2.25. The first-order valence-electron chi connectivity index (χ1n) is 9.76. The molecule has 5 rings (SSSR count). The van der Waals surface area contributed by atoms with Gasteiger partial charge < -0.3 is 9.64 Å². The van der Waals surface area contributed by atoms with Crippen LogP contribution in [0.2, 0.25) is 0 Å². The summed E-state index contributed by atoms with van der Waals surface area (Å²) < 4.78 is 5.34. The van der Waals surface area contributed by atoms with Gasteiger partial charge in [0.15, 0.2) is 12.4 Å². The Morgan fingerprint density at radius 2 is 1.79 bits per heavy atom. The molecule has 0 bridgehead atoms. The summed E-state index contributed by atoms with van der Waals surface area (Å²) >= 11 is 0. The number of esters is 1. The second kappa shape index (κ2) is 6.85. The van der Waals surface area contributed by atoms with Crippen LogP contribution >= 0.6 is 0 Å². The first-order chi connectivity index (χ1) is 14.1. The van der Waals surface area contributed by atoms with Gasteiger partial charge in [-0.1, -0.05) is 36.4 Å². The topological polar surface area (TPSA) is 63.7 Å². The molecular formula is C24H19NO4. The van der Waals surface area contributed by atoms with Crippen LogP contribution in [0.15, 0.2) is 54.6 Å². The maximum Gasteiger partial charge on any atom is 0.339 e. The van der Waals surface area contributed by atoms with Gasteiger partial charge in [0.25, 0.3) is 0 Å². The SMILES string of the molecule is O=C(COC(=O)c1cccc2ccccc12)c1cc2c3c(c1)CC(=O)N3CCC2. The number of nitrogens with zero attached hydrogens (tertiary/aromatic N) is 1. The highest BCUT2D eigenvalue weighted by Crippen LogP contribution is 2.37. The van der Waals surface area contributed by atoms with Crippen molar-refractivity contribution in [1.82, 2.24) is 0 Å². The molecule has 144 valence electrons. The van der Waals surface area contributed by atoms with Crippen molar-refractivity contribution < 1.29 is 19.1 Å². The van der Waals surface area contributed by atoms with Crippen LogP contribution in [0.25, 0.3) is 10.8 Å². The third-order valence-corrected chi connectivity index (χ3v) is 5.67. The molecular weight excluding hydrogens is 366 g/mol. The largest absolute Gasteiger partial charge is 0.454 e. The van der Waals surface area contributed by atoms with E-state index in [2.05, 4.69) is 0 Å². The number of Topliss-reactive ketones (excluding diaryl/α,β-unsaturated/α-hetero) is 1. The molecule has 3 aromatic carbocycles. The van der Waals surface area contributed by atoms with Gasteiger partial charge in [-0.25, -0.2) is 4.79 Å². The first kappa shape index (κ1) is 17.6. The van der Waals surface area contributed by atoms with Crippen molar-refractivity contribution >= 4 is 34.1 Å². The minimum atomic E-state index is -0.515. The summed E-state index contributed by atoms with van der Waals surface area (Å²) in [7, 11) is 0. The molecule has 0 unspecified atom stereocenters. The van der Waals surface area contributed by atoms with E-state index < -0.39 is 5.97 Å². The first-order valence-corrected chi connectivity index (χ1v) is 9.76. The van der Waals surface area contributed by atoms with Gasteiger partial charge in [0.1, 0.15) is 0 Å². The van der Waals surface area contributed by atoms with Crippen molar-refractivity contribution in [1.29, 1.82) is 0 Å². The van der Waals surface area contributed by atoms with E-state index in [4.69, 9.17) is 4.74 Å². The quantitative estimate of drug-likeness (QED) is 0.507. The Morgan fingerprint density at radius 3 is 2.69 bits per heavy atom. The molecule has 0 saturated heterocycles. The third kappa shape index (κ3) is 2.99. The van der Waals surface area contributed by atoms with Gasteiger partial charge in [-0.3, -0.25) is 9.59 Å². The summed E-state index contributed by atoms with van der Waals surface area (Å²) in [5.74, 6) is -0.680. The van der Waals surface area contributed by atoms with Gasteiger partial charge in [0.2, 0.25) is 5.91 Å². The molecule has 0 aliphatic carbocycles. The number of ketones is 1. The van der Waals surface area contributed by atoms with E-state index in [9.17, 15) is 14.4 Å².